The molecule has 3 N–H and O–H groups in total. The Kier molecular flexibility index (Phi) is 3.79. The molecule has 0 spiro atoms. The minimum absolute atomic E-state index is 0.0847. The first-order valence-electron chi connectivity index (χ1n) is 4.44. The summed E-state index contributed by atoms with van der Waals surface area (Å²) in [7, 11) is 0. The van der Waals surface area contributed by atoms with E-state index in [2.05, 4.69) is 0 Å². The highest BCUT2D eigenvalue weighted by Gasteiger charge is 2.11. The molecule has 0 unspecified atom stereocenters. The summed E-state index contributed by atoms with van der Waals surface area (Å²) >= 11 is 0. The van der Waals surface area contributed by atoms with Crippen LogP contribution in [0.5, 0.6) is 0 Å². The lowest BCUT2D eigenvalue weighted by Crippen LogP contribution is -2.04. The van der Waals surface area contributed by atoms with E-state index in [-0.39, 0.29) is 17.7 Å². The van der Waals surface area contributed by atoms with E-state index in [0.29, 0.717) is 5.56 Å². The predicted octanol–water partition coefficient (Wildman–Crippen LogP) is 1.09. The summed E-state index contributed by atoms with van der Waals surface area (Å²) < 4.78 is 0. The van der Waals surface area contributed by atoms with Crippen LogP contribution in [-0.2, 0) is 0 Å². The summed E-state index contributed by atoms with van der Waals surface area (Å²) in [6.07, 6.45) is 2.80. The zero-order chi connectivity index (χ0) is 12.1. The average molecular weight is 222 g/mol. The molecule has 0 heterocycles. The van der Waals surface area contributed by atoms with E-state index < -0.39 is 11.9 Å². The van der Waals surface area contributed by atoms with Gasteiger partial charge in [-0.3, -0.25) is 0 Å². The second-order valence-electron chi connectivity index (χ2n) is 3.00. The summed E-state index contributed by atoms with van der Waals surface area (Å²) in [5, 5.41) is 26.2. The molecule has 0 amide bonds. The minimum Gasteiger partial charge on any atom is -0.478 e. The minimum atomic E-state index is -1.21. The first-order chi connectivity index (χ1) is 7.56. The van der Waals surface area contributed by atoms with Crippen molar-refractivity contribution >= 4 is 18.0 Å². The second-order valence-corrected chi connectivity index (χ2v) is 3.00. The Bertz CT molecular complexity index is 448. The number of carboxylic acids is 2. The van der Waals surface area contributed by atoms with E-state index in [0.717, 1.165) is 6.07 Å². The van der Waals surface area contributed by atoms with Gasteiger partial charge < -0.3 is 15.3 Å². The molecule has 0 atom stereocenters. The van der Waals surface area contributed by atoms with Crippen molar-refractivity contribution < 1.29 is 24.9 Å². The smallest absolute Gasteiger partial charge is 0.336 e. The lowest BCUT2D eigenvalue weighted by atomic mass is 10.0. The van der Waals surface area contributed by atoms with Gasteiger partial charge >= 0.3 is 11.9 Å². The number of hydrogen-bond donors (Lipinski definition) is 3. The third-order valence-corrected chi connectivity index (χ3v) is 1.93. The number of aliphatic hydroxyl groups is 1. The van der Waals surface area contributed by atoms with Crippen LogP contribution in [0, 0.1) is 0 Å². The number of aromatic carboxylic acids is 2. The molecule has 0 aliphatic carbocycles. The molecule has 0 aliphatic rings. The van der Waals surface area contributed by atoms with Crippen molar-refractivity contribution in [2.24, 2.45) is 0 Å². The lowest BCUT2D eigenvalue weighted by Gasteiger charge is -2.02. The highest BCUT2D eigenvalue weighted by molar-refractivity contribution is 5.96. The fourth-order valence-electron chi connectivity index (χ4n) is 1.20. The van der Waals surface area contributed by atoms with Gasteiger partial charge in [-0.25, -0.2) is 9.59 Å². The third kappa shape index (κ3) is 2.68. The van der Waals surface area contributed by atoms with Gasteiger partial charge in [-0.1, -0.05) is 18.2 Å². The highest BCUT2D eigenvalue weighted by atomic mass is 16.4. The molecule has 1 rings (SSSR count). The van der Waals surface area contributed by atoms with Crippen molar-refractivity contribution in [3.05, 3.63) is 41.0 Å². The Hall–Kier alpha value is -2.14. The van der Waals surface area contributed by atoms with Crippen LogP contribution in [0.4, 0.5) is 0 Å². The summed E-state index contributed by atoms with van der Waals surface area (Å²) in [5.74, 6) is -2.39. The first-order valence-corrected chi connectivity index (χ1v) is 4.44. The molecule has 0 saturated heterocycles. The van der Waals surface area contributed by atoms with Gasteiger partial charge in [0.05, 0.1) is 17.7 Å². The van der Waals surface area contributed by atoms with E-state index in [1.807, 2.05) is 0 Å². The van der Waals surface area contributed by atoms with Crippen LogP contribution in [-0.4, -0.2) is 33.9 Å². The van der Waals surface area contributed by atoms with Crippen molar-refractivity contribution in [3.63, 3.8) is 0 Å². The Morgan fingerprint density at radius 1 is 1.19 bits per heavy atom. The molecular formula is C11H10O5. The summed E-state index contributed by atoms with van der Waals surface area (Å²) in [6, 6.07) is 3.78. The maximum Gasteiger partial charge on any atom is 0.336 e. The van der Waals surface area contributed by atoms with Gasteiger partial charge in [0.1, 0.15) is 0 Å². The molecule has 0 aliphatic heterocycles. The molecule has 84 valence electrons. The van der Waals surface area contributed by atoms with Gasteiger partial charge in [-0.05, 0) is 17.7 Å². The van der Waals surface area contributed by atoms with E-state index >= 15 is 0 Å². The third-order valence-electron chi connectivity index (χ3n) is 1.93. The van der Waals surface area contributed by atoms with Gasteiger partial charge in [0, 0.05) is 0 Å². The van der Waals surface area contributed by atoms with E-state index in [9.17, 15) is 9.59 Å². The fraction of sp³-hybridized carbons (Fsp3) is 0.0909. The van der Waals surface area contributed by atoms with Crippen molar-refractivity contribution in [1.29, 1.82) is 0 Å². The van der Waals surface area contributed by atoms with Crippen molar-refractivity contribution in [2.75, 3.05) is 6.61 Å². The topological polar surface area (TPSA) is 94.8 Å². The van der Waals surface area contributed by atoms with Crippen molar-refractivity contribution in [2.45, 2.75) is 0 Å². The summed E-state index contributed by atoms with van der Waals surface area (Å²) in [5.41, 5.74) is 0.162. The number of carboxylic acid groups (broad SMARTS) is 2. The van der Waals surface area contributed by atoms with E-state index in [1.165, 1.54) is 24.3 Å². The average Bonchev–Trinajstić information content (AvgIpc) is 2.25. The van der Waals surface area contributed by atoms with Crippen LogP contribution in [0.25, 0.3) is 6.08 Å². The van der Waals surface area contributed by atoms with Gasteiger partial charge in [0.2, 0.25) is 0 Å². The zero-order valence-electron chi connectivity index (χ0n) is 8.25. The summed E-state index contributed by atoms with van der Waals surface area (Å²) in [6.45, 7) is -0.209. The molecule has 5 heteroatoms. The van der Waals surface area contributed by atoms with Gasteiger partial charge in [0.25, 0.3) is 0 Å². The van der Waals surface area contributed by atoms with Gasteiger partial charge in [0.15, 0.2) is 0 Å². The molecule has 16 heavy (non-hydrogen) atoms. The molecule has 0 saturated carbocycles. The molecule has 1 aromatic carbocycles. The number of rotatable bonds is 4. The lowest BCUT2D eigenvalue weighted by molar-refractivity contribution is 0.0695. The van der Waals surface area contributed by atoms with Crippen LogP contribution in [0.2, 0.25) is 0 Å². The van der Waals surface area contributed by atoms with Gasteiger partial charge in [-0.15, -0.1) is 0 Å². The standard InChI is InChI=1S/C11H10O5/c12-5-1-2-7-3-4-8(10(13)14)6-9(7)11(15)16/h1-4,6,12H,5H2,(H,13,14)(H,15,16). The Morgan fingerprint density at radius 3 is 2.38 bits per heavy atom. The molecule has 1 aromatic rings. The number of benzene rings is 1. The maximum absolute atomic E-state index is 10.9. The second kappa shape index (κ2) is 5.09. The monoisotopic (exact) mass is 222 g/mol. The van der Waals surface area contributed by atoms with Crippen LogP contribution in [0.1, 0.15) is 26.3 Å². The number of aliphatic hydroxyl groups excluding tert-OH is 1. The normalized spacial score (nSPS) is 10.6. The summed E-state index contributed by atoms with van der Waals surface area (Å²) in [4.78, 5) is 21.5. The SMILES string of the molecule is O=C(O)c1ccc(C=CCO)c(C(=O)O)c1. The van der Waals surface area contributed by atoms with Crippen LogP contribution >= 0.6 is 0 Å². The quantitative estimate of drug-likeness (QED) is 0.708. The largest absolute Gasteiger partial charge is 0.478 e. The molecule has 0 radical (unpaired) electrons. The van der Waals surface area contributed by atoms with Crippen LogP contribution in [0.15, 0.2) is 24.3 Å². The predicted molar refractivity (Wildman–Crippen MR) is 56.5 cm³/mol. The first kappa shape index (κ1) is 11.9. The van der Waals surface area contributed by atoms with Crippen molar-refractivity contribution in [1.82, 2.24) is 0 Å². The Balaban J connectivity index is 3.24. The molecule has 0 aromatic heterocycles. The number of carbonyl (C=O) groups is 2. The molecule has 0 bridgehead atoms. The van der Waals surface area contributed by atoms with Gasteiger partial charge in [-0.2, -0.15) is 0 Å². The van der Waals surface area contributed by atoms with Crippen LogP contribution < -0.4 is 0 Å². The zero-order valence-corrected chi connectivity index (χ0v) is 8.25. The van der Waals surface area contributed by atoms with E-state index in [1.54, 1.807) is 0 Å². The molecule has 5 nitrogen and oxygen atoms in total. The Labute approximate surface area is 91.3 Å². The van der Waals surface area contributed by atoms with Crippen molar-refractivity contribution in [3.8, 4) is 0 Å². The number of hydrogen-bond acceptors (Lipinski definition) is 3. The molecular weight excluding hydrogens is 212 g/mol. The molecule has 0 fully saturated rings. The van der Waals surface area contributed by atoms with E-state index in [4.69, 9.17) is 15.3 Å². The van der Waals surface area contributed by atoms with Crippen LogP contribution in [0.3, 0.4) is 0 Å². The highest BCUT2D eigenvalue weighted by Crippen LogP contribution is 2.14. The maximum atomic E-state index is 10.9. The fourth-order valence-corrected chi connectivity index (χ4v) is 1.20. The Morgan fingerprint density at radius 2 is 1.88 bits per heavy atom.